The van der Waals surface area contributed by atoms with Crippen molar-refractivity contribution < 1.29 is 22.7 Å². The van der Waals surface area contributed by atoms with Crippen LogP contribution in [0.15, 0.2) is 82.8 Å². The molecule has 0 radical (unpaired) electrons. The molecule has 220 valence electrons. The Morgan fingerprint density at radius 1 is 1.05 bits per heavy atom. The number of ether oxygens (including phenoxy) is 1. The predicted octanol–water partition coefficient (Wildman–Crippen LogP) is 3.12. The van der Waals surface area contributed by atoms with Crippen molar-refractivity contribution in [1.29, 1.82) is 0 Å². The number of hydrazone groups is 1. The number of nitrogens with zero attached hydrogens (tertiary/aromatic N) is 3. The first-order chi connectivity index (χ1) is 20.2. The molecule has 5 rings (SSSR count). The van der Waals surface area contributed by atoms with Crippen LogP contribution in [0.5, 0.6) is 0 Å². The normalized spacial score (nSPS) is 16.4. The summed E-state index contributed by atoms with van der Waals surface area (Å²) in [5.74, 6) is -0.628. The van der Waals surface area contributed by atoms with Crippen molar-refractivity contribution in [3.05, 3.63) is 83.9 Å². The van der Waals surface area contributed by atoms with E-state index in [9.17, 15) is 18.0 Å². The third kappa shape index (κ3) is 6.85. The summed E-state index contributed by atoms with van der Waals surface area (Å²) in [6.07, 6.45) is 0. The largest absolute Gasteiger partial charge is 0.379 e. The van der Waals surface area contributed by atoms with Gasteiger partial charge in [0.1, 0.15) is 0 Å². The number of carbonyl (C=O) groups is 2. The predicted molar refractivity (Wildman–Crippen MR) is 163 cm³/mol. The molecule has 3 aromatic carbocycles. The van der Waals surface area contributed by atoms with Crippen LogP contribution in [0.3, 0.4) is 0 Å². The summed E-state index contributed by atoms with van der Waals surface area (Å²) in [5.41, 5.74) is 5.50. The van der Waals surface area contributed by atoms with E-state index in [0.717, 1.165) is 18.8 Å². The van der Waals surface area contributed by atoms with E-state index in [4.69, 9.17) is 4.74 Å². The van der Waals surface area contributed by atoms with Gasteiger partial charge in [0.25, 0.3) is 11.8 Å². The second kappa shape index (κ2) is 12.8. The maximum Gasteiger partial charge on any atom is 0.276 e. The Bertz CT molecular complexity index is 1590. The summed E-state index contributed by atoms with van der Waals surface area (Å²) in [5, 5.41) is 7.01. The average molecular weight is 591 g/mol. The van der Waals surface area contributed by atoms with Crippen molar-refractivity contribution in [2.45, 2.75) is 24.8 Å². The molecule has 0 aromatic heterocycles. The van der Waals surface area contributed by atoms with Gasteiger partial charge in [-0.25, -0.2) is 13.1 Å². The first-order valence-electron chi connectivity index (χ1n) is 13.8. The third-order valence-corrected chi connectivity index (χ3v) is 8.53. The van der Waals surface area contributed by atoms with Gasteiger partial charge >= 0.3 is 0 Å². The topological polar surface area (TPSA) is 132 Å². The van der Waals surface area contributed by atoms with E-state index >= 15 is 0 Å². The van der Waals surface area contributed by atoms with Gasteiger partial charge < -0.3 is 15.0 Å². The van der Waals surface area contributed by atoms with Gasteiger partial charge in [0.15, 0.2) is 5.71 Å². The van der Waals surface area contributed by atoms with Gasteiger partial charge in [-0.1, -0.05) is 24.3 Å². The highest BCUT2D eigenvalue weighted by atomic mass is 32.2. The Hall–Kier alpha value is -4.10. The molecular weight excluding hydrogens is 556 g/mol. The summed E-state index contributed by atoms with van der Waals surface area (Å²) >= 11 is 0. The minimum Gasteiger partial charge on any atom is -0.379 e. The zero-order valence-electron chi connectivity index (χ0n) is 23.5. The molecule has 2 amide bonds. The molecule has 3 N–H and O–H groups in total. The fraction of sp³-hybridized carbons (Fsp3) is 0.300. The van der Waals surface area contributed by atoms with Crippen LogP contribution in [-0.4, -0.2) is 76.3 Å². The number of carbonyl (C=O) groups excluding carboxylic acids is 2. The number of nitrogens with one attached hydrogen (secondary N) is 3. The molecule has 42 heavy (non-hydrogen) atoms. The second-order valence-corrected chi connectivity index (χ2v) is 12.1. The maximum absolute atomic E-state index is 13.7. The van der Waals surface area contributed by atoms with Crippen molar-refractivity contribution in [3.63, 3.8) is 0 Å². The van der Waals surface area contributed by atoms with E-state index in [1.807, 2.05) is 30.3 Å². The van der Waals surface area contributed by atoms with E-state index in [1.54, 1.807) is 49.1 Å². The van der Waals surface area contributed by atoms with Gasteiger partial charge in [0, 0.05) is 49.0 Å². The van der Waals surface area contributed by atoms with Crippen molar-refractivity contribution in [2.24, 2.45) is 5.10 Å². The maximum atomic E-state index is 13.7. The smallest absolute Gasteiger partial charge is 0.276 e. The average Bonchev–Trinajstić information content (AvgIpc) is 3.30. The Balaban J connectivity index is 1.36. The van der Waals surface area contributed by atoms with Crippen LogP contribution in [0.25, 0.3) is 0 Å². The van der Waals surface area contributed by atoms with E-state index in [2.05, 4.69) is 25.5 Å². The van der Waals surface area contributed by atoms with Crippen LogP contribution in [0, 0.1) is 0 Å². The number of sulfonamides is 1. The lowest BCUT2D eigenvalue weighted by Gasteiger charge is -2.30. The Morgan fingerprint density at radius 2 is 1.81 bits per heavy atom. The Labute approximate surface area is 245 Å². The molecule has 2 heterocycles. The summed E-state index contributed by atoms with van der Waals surface area (Å²) in [4.78, 5) is 30.5. The molecule has 1 fully saturated rings. The van der Waals surface area contributed by atoms with E-state index in [0.29, 0.717) is 48.8 Å². The number of fused-ring (bicyclic) bond motifs is 1. The van der Waals surface area contributed by atoms with Crippen LogP contribution >= 0.6 is 0 Å². The molecule has 2 aliphatic rings. The number of hydrogen-bond acceptors (Lipinski definition) is 8. The van der Waals surface area contributed by atoms with Gasteiger partial charge in [-0.3, -0.25) is 19.9 Å². The standard InChI is InChI=1S/C30H34N6O5S/c1-21(2)34-42(39,40)25-11-12-27-26(20-25)28(29(37)31-27)33-32-23-8-6-7-22(19-23)30(38)36(24-9-4-3-5-10-24)14-13-35-15-17-41-18-16-35/h3-12,19-21,32,34H,13-18H2,1-2H3,(H,31,33,37). The number of amides is 2. The molecule has 0 aliphatic carbocycles. The lowest BCUT2D eigenvalue weighted by atomic mass is 10.1. The monoisotopic (exact) mass is 590 g/mol. The molecule has 1 saturated heterocycles. The molecule has 0 unspecified atom stereocenters. The summed E-state index contributed by atoms with van der Waals surface area (Å²) in [7, 11) is -3.76. The van der Waals surface area contributed by atoms with Crippen molar-refractivity contribution in [3.8, 4) is 0 Å². The van der Waals surface area contributed by atoms with Crippen LogP contribution in [0.1, 0.15) is 29.8 Å². The third-order valence-electron chi connectivity index (χ3n) is 6.87. The molecule has 0 atom stereocenters. The number of benzene rings is 3. The zero-order valence-corrected chi connectivity index (χ0v) is 24.4. The fourth-order valence-corrected chi connectivity index (χ4v) is 6.09. The number of morpholine rings is 1. The van der Waals surface area contributed by atoms with E-state index in [-0.39, 0.29) is 22.6 Å². The van der Waals surface area contributed by atoms with Gasteiger partial charge in [0.2, 0.25) is 10.0 Å². The van der Waals surface area contributed by atoms with Gasteiger partial charge in [0.05, 0.1) is 29.5 Å². The molecule has 0 saturated carbocycles. The summed E-state index contributed by atoms with van der Waals surface area (Å²) < 4.78 is 33.4. The van der Waals surface area contributed by atoms with Gasteiger partial charge in [-0.05, 0) is 62.4 Å². The number of para-hydroxylation sites is 1. The highest BCUT2D eigenvalue weighted by molar-refractivity contribution is 7.89. The number of anilines is 3. The van der Waals surface area contributed by atoms with Crippen molar-refractivity contribution in [1.82, 2.24) is 9.62 Å². The first kappa shape index (κ1) is 29.4. The summed E-state index contributed by atoms with van der Waals surface area (Å²) in [6, 6.07) is 20.5. The van der Waals surface area contributed by atoms with Crippen molar-refractivity contribution >= 4 is 44.6 Å². The van der Waals surface area contributed by atoms with E-state index < -0.39 is 15.9 Å². The molecule has 0 spiro atoms. The highest BCUT2D eigenvalue weighted by Gasteiger charge is 2.29. The quantitative estimate of drug-likeness (QED) is 0.309. The first-order valence-corrected chi connectivity index (χ1v) is 15.3. The lowest BCUT2D eigenvalue weighted by molar-refractivity contribution is -0.110. The van der Waals surface area contributed by atoms with Gasteiger partial charge in [-0.2, -0.15) is 5.10 Å². The Morgan fingerprint density at radius 3 is 2.55 bits per heavy atom. The minimum atomic E-state index is -3.76. The minimum absolute atomic E-state index is 0.0322. The molecule has 0 bridgehead atoms. The molecule has 12 heteroatoms. The second-order valence-electron chi connectivity index (χ2n) is 10.3. The van der Waals surface area contributed by atoms with Crippen molar-refractivity contribution in [2.75, 3.05) is 55.0 Å². The van der Waals surface area contributed by atoms with Crippen LogP contribution in [0.4, 0.5) is 17.1 Å². The number of hydrogen-bond donors (Lipinski definition) is 3. The van der Waals surface area contributed by atoms with E-state index in [1.165, 1.54) is 12.1 Å². The van der Waals surface area contributed by atoms with Crippen LogP contribution < -0.4 is 20.4 Å². The highest BCUT2D eigenvalue weighted by Crippen LogP contribution is 2.27. The molecule has 3 aromatic rings. The molecular formula is C30H34N6O5S. The molecule has 11 nitrogen and oxygen atoms in total. The van der Waals surface area contributed by atoms with Crippen LogP contribution in [0.2, 0.25) is 0 Å². The summed E-state index contributed by atoms with van der Waals surface area (Å²) in [6.45, 7) is 7.71. The Kier molecular flexibility index (Phi) is 8.97. The lowest BCUT2D eigenvalue weighted by Crippen LogP contribution is -2.43. The SMILES string of the molecule is CC(C)NS(=O)(=O)c1ccc2c(c1)C(=NNc1cccc(C(=O)N(CCN3CCOCC3)c3ccccc3)c1)C(=O)N2. The van der Waals surface area contributed by atoms with Crippen LogP contribution in [-0.2, 0) is 19.6 Å². The zero-order chi connectivity index (χ0) is 29.7. The molecule has 2 aliphatic heterocycles. The fourth-order valence-electron chi connectivity index (χ4n) is 4.81. The van der Waals surface area contributed by atoms with Gasteiger partial charge in [-0.15, -0.1) is 0 Å². The number of rotatable bonds is 10.